The molecule has 9 nitrogen and oxygen atoms in total. The molecule has 0 atom stereocenters. The number of nitrogen functional groups attached to an aromatic ring is 1. The number of hydrogen-bond donors (Lipinski definition) is 4. The maximum absolute atomic E-state index is 9.05. The number of nitrogens with two attached hydrogens (primary N) is 1. The number of nitrogens with zero attached hydrogens (tertiary/aromatic N) is 5. The SMILES string of the molecule is CC(C)(CCO)Nc1nc(NN)nc(-n2cccn2)n1. The van der Waals surface area contributed by atoms with E-state index < -0.39 is 0 Å². The summed E-state index contributed by atoms with van der Waals surface area (Å²) in [7, 11) is 0. The molecule has 2 aromatic heterocycles. The lowest BCUT2D eigenvalue weighted by molar-refractivity contribution is 0.260. The molecule has 0 aromatic carbocycles. The minimum absolute atomic E-state index is 0.0685. The second-order valence-corrected chi connectivity index (χ2v) is 4.86. The number of nitrogens with one attached hydrogen (secondary N) is 2. The second kappa shape index (κ2) is 5.80. The van der Waals surface area contributed by atoms with Crippen LogP contribution in [0.4, 0.5) is 11.9 Å². The maximum Gasteiger partial charge on any atom is 0.257 e. The van der Waals surface area contributed by atoms with Gasteiger partial charge in [0.25, 0.3) is 5.95 Å². The average molecular weight is 278 g/mol. The predicted molar refractivity (Wildman–Crippen MR) is 74.2 cm³/mol. The van der Waals surface area contributed by atoms with Gasteiger partial charge in [-0.15, -0.1) is 0 Å². The first-order chi connectivity index (χ1) is 9.54. The Morgan fingerprint density at radius 1 is 1.30 bits per heavy atom. The standard InChI is InChI=1S/C11H18N8O/c1-11(2,4-7-20)17-8-14-9(18-12)16-10(15-8)19-6-3-5-13-19/h3,5-6,20H,4,7,12H2,1-2H3,(H2,14,15,16,17,18). The van der Waals surface area contributed by atoms with Crippen LogP contribution in [0.25, 0.3) is 5.95 Å². The van der Waals surface area contributed by atoms with Gasteiger partial charge in [0.15, 0.2) is 0 Å². The van der Waals surface area contributed by atoms with E-state index >= 15 is 0 Å². The largest absolute Gasteiger partial charge is 0.396 e. The van der Waals surface area contributed by atoms with Crippen molar-refractivity contribution in [1.82, 2.24) is 24.7 Å². The van der Waals surface area contributed by atoms with Crippen LogP contribution in [0.3, 0.4) is 0 Å². The normalized spacial score (nSPS) is 11.4. The number of hydrazine groups is 1. The van der Waals surface area contributed by atoms with Crippen molar-refractivity contribution in [3.8, 4) is 5.95 Å². The zero-order valence-electron chi connectivity index (χ0n) is 11.4. The van der Waals surface area contributed by atoms with Gasteiger partial charge in [0, 0.05) is 24.5 Å². The van der Waals surface area contributed by atoms with Gasteiger partial charge >= 0.3 is 0 Å². The van der Waals surface area contributed by atoms with E-state index in [-0.39, 0.29) is 18.1 Å². The molecule has 9 heteroatoms. The first kappa shape index (κ1) is 14.2. The van der Waals surface area contributed by atoms with Gasteiger partial charge < -0.3 is 10.4 Å². The molecule has 2 heterocycles. The Morgan fingerprint density at radius 2 is 2.05 bits per heavy atom. The maximum atomic E-state index is 9.05. The van der Waals surface area contributed by atoms with E-state index in [1.165, 1.54) is 4.68 Å². The van der Waals surface area contributed by atoms with Crippen molar-refractivity contribution in [1.29, 1.82) is 0 Å². The molecule has 2 aromatic rings. The molecule has 2 rings (SSSR count). The lowest BCUT2D eigenvalue weighted by atomic mass is 10.0. The molecule has 0 spiro atoms. The molecule has 0 aliphatic heterocycles. The fraction of sp³-hybridized carbons (Fsp3) is 0.455. The van der Waals surface area contributed by atoms with Gasteiger partial charge in [-0.1, -0.05) is 0 Å². The van der Waals surface area contributed by atoms with Gasteiger partial charge in [-0.2, -0.15) is 20.1 Å². The van der Waals surface area contributed by atoms with Gasteiger partial charge in [-0.25, -0.2) is 10.5 Å². The van der Waals surface area contributed by atoms with Crippen LogP contribution in [-0.2, 0) is 0 Å². The van der Waals surface area contributed by atoms with Crippen LogP contribution in [0, 0.1) is 0 Å². The molecule has 0 saturated heterocycles. The molecule has 20 heavy (non-hydrogen) atoms. The monoisotopic (exact) mass is 278 g/mol. The van der Waals surface area contributed by atoms with Crippen molar-refractivity contribution < 1.29 is 5.11 Å². The Hall–Kier alpha value is -2.26. The molecule has 0 aliphatic carbocycles. The van der Waals surface area contributed by atoms with E-state index in [4.69, 9.17) is 10.9 Å². The number of aliphatic hydroxyl groups excluding tert-OH is 1. The third kappa shape index (κ3) is 3.39. The van der Waals surface area contributed by atoms with Crippen LogP contribution in [-0.4, -0.2) is 42.0 Å². The number of rotatable bonds is 6. The molecule has 5 N–H and O–H groups in total. The summed E-state index contributed by atoms with van der Waals surface area (Å²) >= 11 is 0. The molecule has 0 saturated carbocycles. The lowest BCUT2D eigenvalue weighted by Crippen LogP contribution is -2.33. The smallest absolute Gasteiger partial charge is 0.257 e. The van der Waals surface area contributed by atoms with Crippen molar-refractivity contribution in [3.63, 3.8) is 0 Å². The Balaban J connectivity index is 2.31. The Bertz CT molecular complexity index is 554. The van der Waals surface area contributed by atoms with Gasteiger partial charge in [0.1, 0.15) is 0 Å². The van der Waals surface area contributed by atoms with E-state index in [0.29, 0.717) is 18.3 Å². The Kier molecular flexibility index (Phi) is 4.11. The predicted octanol–water partition coefficient (Wildman–Crippen LogP) is -0.0842. The summed E-state index contributed by atoms with van der Waals surface area (Å²) in [5.41, 5.74) is 2.04. The average Bonchev–Trinajstić information content (AvgIpc) is 2.91. The first-order valence-corrected chi connectivity index (χ1v) is 6.16. The fourth-order valence-corrected chi connectivity index (χ4v) is 1.62. The number of aromatic nitrogens is 5. The first-order valence-electron chi connectivity index (χ1n) is 6.16. The van der Waals surface area contributed by atoms with Gasteiger partial charge in [-0.3, -0.25) is 5.43 Å². The molecule has 0 amide bonds. The van der Waals surface area contributed by atoms with Crippen molar-refractivity contribution in [3.05, 3.63) is 18.5 Å². The van der Waals surface area contributed by atoms with Gasteiger partial charge in [0.05, 0.1) is 0 Å². The lowest BCUT2D eigenvalue weighted by Gasteiger charge is -2.25. The van der Waals surface area contributed by atoms with Crippen molar-refractivity contribution >= 4 is 11.9 Å². The van der Waals surface area contributed by atoms with E-state index in [1.807, 2.05) is 13.8 Å². The highest BCUT2D eigenvalue weighted by molar-refractivity contribution is 5.38. The molecule has 108 valence electrons. The number of hydrogen-bond acceptors (Lipinski definition) is 8. The highest BCUT2D eigenvalue weighted by Crippen LogP contribution is 2.16. The summed E-state index contributed by atoms with van der Waals surface area (Å²) in [6, 6.07) is 1.77. The van der Waals surface area contributed by atoms with Crippen LogP contribution in [0.2, 0.25) is 0 Å². The fourth-order valence-electron chi connectivity index (χ4n) is 1.62. The van der Waals surface area contributed by atoms with E-state index in [0.717, 1.165) is 0 Å². The molecular weight excluding hydrogens is 260 g/mol. The van der Waals surface area contributed by atoms with Crippen LogP contribution in [0.15, 0.2) is 18.5 Å². The molecule has 0 bridgehead atoms. The van der Waals surface area contributed by atoms with Gasteiger partial charge in [0.2, 0.25) is 11.9 Å². The van der Waals surface area contributed by atoms with Crippen LogP contribution in [0.1, 0.15) is 20.3 Å². The molecular formula is C11H18N8O. The van der Waals surface area contributed by atoms with Crippen molar-refractivity contribution in [2.24, 2.45) is 5.84 Å². The third-order valence-corrected chi connectivity index (χ3v) is 2.65. The quantitative estimate of drug-likeness (QED) is 0.426. The van der Waals surface area contributed by atoms with Crippen LogP contribution >= 0.6 is 0 Å². The minimum Gasteiger partial charge on any atom is -0.396 e. The van der Waals surface area contributed by atoms with Crippen LogP contribution in [0.5, 0.6) is 0 Å². The van der Waals surface area contributed by atoms with Crippen LogP contribution < -0.4 is 16.6 Å². The summed E-state index contributed by atoms with van der Waals surface area (Å²) in [6.07, 6.45) is 3.90. The summed E-state index contributed by atoms with van der Waals surface area (Å²) < 4.78 is 1.51. The molecule has 0 radical (unpaired) electrons. The van der Waals surface area contributed by atoms with Gasteiger partial charge in [-0.05, 0) is 26.3 Å². The number of anilines is 2. The zero-order chi connectivity index (χ0) is 14.6. The van der Waals surface area contributed by atoms with E-state index in [9.17, 15) is 0 Å². The number of aliphatic hydroxyl groups is 1. The summed E-state index contributed by atoms with van der Waals surface area (Å²) in [6.45, 7) is 3.95. The van der Waals surface area contributed by atoms with E-state index in [1.54, 1.807) is 18.5 Å². The summed E-state index contributed by atoms with van der Waals surface area (Å²) in [5, 5.41) is 16.2. The Morgan fingerprint density at radius 3 is 2.65 bits per heavy atom. The highest BCUT2D eigenvalue weighted by atomic mass is 16.3. The Labute approximate surface area is 116 Å². The topological polar surface area (TPSA) is 127 Å². The minimum atomic E-state index is -0.358. The zero-order valence-corrected chi connectivity index (χ0v) is 11.4. The summed E-state index contributed by atoms with van der Waals surface area (Å²) in [5.74, 6) is 6.30. The molecule has 0 aliphatic rings. The third-order valence-electron chi connectivity index (χ3n) is 2.65. The van der Waals surface area contributed by atoms with Crippen molar-refractivity contribution in [2.75, 3.05) is 17.3 Å². The molecule has 0 unspecified atom stereocenters. The molecule has 0 fully saturated rings. The van der Waals surface area contributed by atoms with E-state index in [2.05, 4.69) is 30.8 Å². The summed E-state index contributed by atoms with van der Waals surface area (Å²) in [4.78, 5) is 12.5. The highest BCUT2D eigenvalue weighted by Gasteiger charge is 2.19. The second-order valence-electron chi connectivity index (χ2n) is 4.86. The van der Waals surface area contributed by atoms with Crippen molar-refractivity contribution in [2.45, 2.75) is 25.8 Å².